The molecule has 12 heteroatoms. The lowest BCUT2D eigenvalue weighted by Crippen LogP contribution is -2.30. The monoisotopic (exact) mass is 559 g/mol. The number of halogens is 1. The van der Waals surface area contributed by atoms with Crippen LogP contribution in [0.5, 0.6) is 0 Å². The Morgan fingerprint density at radius 3 is 2.63 bits per heavy atom. The molecule has 1 unspecified atom stereocenters. The molecule has 3 aromatic rings. The molecule has 202 valence electrons. The molecule has 3 fully saturated rings. The molecular formula is C26H30FN5O4S2. The Kier molecular flexibility index (Phi) is 6.42. The summed E-state index contributed by atoms with van der Waals surface area (Å²) >= 11 is 1.50. The standard InChI is InChI=1S/C26H30FN5O4S2/c1-14(33)29-18-5-3-4-15(20(18)27)22-23(37-24(31-22)26(2)7-10-36-11-8-26)19-6-9-28-25(30-19)32-21-16-12-38(34,35)13-17(16)21/h3-6,9,16-17,21,34-35H,7-8,10-13H2,1-2H3,(H,29,33)(H,28,30,32)/t16-,17+,21?. The SMILES string of the molecule is CC(=O)Nc1cccc(-c2nc(C3(C)CCOCC3)sc2-c2ccnc(NC3[C@H]4CS(O)(O)C[C@@H]34)n2)c1F. The van der Waals surface area contributed by atoms with Crippen molar-refractivity contribution in [2.75, 3.05) is 35.4 Å². The molecule has 2 aliphatic heterocycles. The maximum Gasteiger partial charge on any atom is 0.223 e. The van der Waals surface area contributed by atoms with Crippen molar-refractivity contribution in [3.05, 3.63) is 41.3 Å². The van der Waals surface area contributed by atoms with Crippen molar-refractivity contribution in [1.29, 1.82) is 0 Å². The number of thiazole rings is 1. The minimum Gasteiger partial charge on any atom is -0.381 e. The van der Waals surface area contributed by atoms with Gasteiger partial charge in [0.1, 0.15) is 0 Å². The van der Waals surface area contributed by atoms with Gasteiger partial charge in [-0.25, -0.2) is 19.3 Å². The molecule has 0 radical (unpaired) electrons. The Morgan fingerprint density at radius 1 is 1.18 bits per heavy atom. The lowest BCUT2D eigenvalue weighted by molar-refractivity contribution is -0.114. The number of nitrogens with one attached hydrogen (secondary N) is 2. The summed E-state index contributed by atoms with van der Waals surface area (Å²) < 4.78 is 41.1. The van der Waals surface area contributed by atoms with Crippen molar-refractivity contribution < 1.29 is 23.0 Å². The van der Waals surface area contributed by atoms with E-state index in [0.717, 1.165) is 22.7 Å². The number of carbonyl (C=O) groups excluding carboxylic acids is 1. The van der Waals surface area contributed by atoms with Gasteiger partial charge in [-0.1, -0.05) is 13.0 Å². The molecule has 38 heavy (non-hydrogen) atoms. The summed E-state index contributed by atoms with van der Waals surface area (Å²) in [5, 5.41) is 6.81. The van der Waals surface area contributed by atoms with Crippen molar-refractivity contribution in [3.8, 4) is 21.8 Å². The molecule has 3 atom stereocenters. The van der Waals surface area contributed by atoms with Crippen LogP contribution in [0.2, 0.25) is 0 Å². The largest absolute Gasteiger partial charge is 0.381 e. The van der Waals surface area contributed by atoms with E-state index in [1.807, 2.05) is 0 Å². The van der Waals surface area contributed by atoms with Crippen LogP contribution >= 0.6 is 21.9 Å². The maximum absolute atomic E-state index is 15.7. The van der Waals surface area contributed by atoms with Crippen LogP contribution in [0.4, 0.5) is 16.0 Å². The number of amides is 1. The van der Waals surface area contributed by atoms with Crippen LogP contribution < -0.4 is 10.6 Å². The topological polar surface area (TPSA) is 129 Å². The number of hydrogen-bond acceptors (Lipinski definition) is 9. The minimum atomic E-state index is -2.45. The molecule has 3 aliphatic rings. The Balaban J connectivity index is 1.38. The maximum atomic E-state index is 15.7. The van der Waals surface area contributed by atoms with Crippen LogP contribution in [-0.2, 0) is 14.9 Å². The summed E-state index contributed by atoms with van der Waals surface area (Å²) in [5.41, 5.74) is 1.29. The molecule has 2 aromatic heterocycles. The second kappa shape index (κ2) is 9.53. The van der Waals surface area contributed by atoms with E-state index in [-0.39, 0.29) is 34.9 Å². The van der Waals surface area contributed by atoms with Crippen LogP contribution in [0, 0.1) is 17.7 Å². The first-order valence-corrected chi connectivity index (χ1v) is 15.3. The highest BCUT2D eigenvalue weighted by Gasteiger charge is 2.59. The molecule has 4 heterocycles. The minimum absolute atomic E-state index is 0.101. The van der Waals surface area contributed by atoms with Crippen LogP contribution in [-0.4, -0.2) is 60.7 Å². The fourth-order valence-corrected chi connectivity index (χ4v) is 9.00. The number of nitrogens with zero attached hydrogens (tertiary/aromatic N) is 3. The van der Waals surface area contributed by atoms with Crippen LogP contribution in [0.25, 0.3) is 21.8 Å². The molecule has 1 saturated carbocycles. The summed E-state index contributed by atoms with van der Waals surface area (Å²) in [6.07, 6.45) is 3.29. The number of rotatable bonds is 6. The highest BCUT2D eigenvalue weighted by molar-refractivity contribution is 8.24. The zero-order valence-electron chi connectivity index (χ0n) is 21.1. The summed E-state index contributed by atoms with van der Waals surface area (Å²) in [4.78, 5) is 26.5. The Labute approximate surface area is 225 Å². The first kappa shape index (κ1) is 25.6. The van der Waals surface area contributed by atoms with Gasteiger partial charge in [0.15, 0.2) is 5.82 Å². The third-order valence-electron chi connectivity index (χ3n) is 7.74. The van der Waals surface area contributed by atoms with E-state index in [2.05, 4.69) is 22.5 Å². The molecule has 0 bridgehead atoms. The van der Waals surface area contributed by atoms with Gasteiger partial charge in [0, 0.05) is 66.7 Å². The van der Waals surface area contributed by atoms with Crippen LogP contribution in [0.3, 0.4) is 0 Å². The Hall–Kier alpha value is -2.64. The average Bonchev–Trinajstić information content (AvgIpc) is 3.21. The fourth-order valence-electron chi connectivity index (χ4n) is 5.47. The van der Waals surface area contributed by atoms with E-state index in [1.54, 1.807) is 24.4 Å². The lowest BCUT2D eigenvalue weighted by atomic mass is 9.83. The molecule has 1 amide bonds. The highest BCUT2D eigenvalue weighted by atomic mass is 32.3. The Bertz CT molecular complexity index is 1380. The van der Waals surface area contributed by atoms with Crippen LogP contribution in [0.1, 0.15) is 31.7 Å². The van der Waals surface area contributed by atoms with Gasteiger partial charge in [-0.3, -0.25) is 13.9 Å². The van der Waals surface area contributed by atoms with E-state index >= 15 is 4.39 Å². The van der Waals surface area contributed by atoms with Crippen molar-refractivity contribution >= 4 is 39.5 Å². The smallest absolute Gasteiger partial charge is 0.223 e. The van der Waals surface area contributed by atoms with Gasteiger partial charge in [0.25, 0.3) is 0 Å². The molecule has 1 aromatic carbocycles. The lowest BCUT2D eigenvalue weighted by Gasteiger charge is -2.31. The molecular weight excluding hydrogens is 529 g/mol. The summed E-state index contributed by atoms with van der Waals surface area (Å²) in [6.45, 7) is 4.79. The summed E-state index contributed by atoms with van der Waals surface area (Å²) in [6, 6.07) is 6.81. The van der Waals surface area contributed by atoms with Crippen molar-refractivity contribution in [2.24, 2.45) is 11.8 Å². The number of benzene rings is 1. The zero-order valence-corrected chi connectivity index (χ0v) is 22.7. The fraction of sp³-hybridized carbons (Fsp3) is 0.462. The number of aromatic nitrogens is 3. The predicted octanol–water partition coefficient (Wildman–Crippen LogP) is 5.22. The second-order valence-corrected chi connectivity index (χ2v) is 13.9. The van der Waals surface area contributed by atoms with Gasteiger partial charge >= 0.3 is 0 Å². The second-order valence-electron chi connectivity index (χ2n) is 10.6. The number of hydrogen-bond donors (Lipinski definition) is 4. The van der Waals surface area contributed by atoms with Crippen molar-refractivity contribution in [1.82, 2.24) is 15.0 Å². The van der Waals surface area contributed by atoms with E-state index in [0.29, 0.717) is 47.6 Å². The zero-order chi connectivity index (χ0) is 26.7. The molecule has 6 rings (SSSR count). The van der Waals surface area contributed by atoms with Gasteiger partial charge in [-0.05, 0) is 31.0 Å². The van der Waals surface area contributed by atoms with Gasteiger partial charge < -0.3 is 15.4 Å². The van der Waals surface area contributed by atoms with Crippen molar-refractivity contribution in [3.63, 3.8) is 0 Å². The normalized spacial score (nSPS) is 25.9. The molecule has 1 aliphatic carbocycles. The molecule has 2 saturated heterocycles. The van der Waals surface area contributed by atoms with E-state index < -0.39 is 16.4 Å². The number of fused-ring (bicyclic) bond motifs is 1. The van der Waals surface area contributed by atoms with Gasteiger partial charge in [0.05, 0.1) is 27.0 Å². The first-order valence-electron chi connectivity index (χ1n) is 12.6. The molecule has 4 N–H and O–H groups in total. The Morgan fingerprint density at radius 2 is 1.92 bits per heavy atom. The van der Waals surface area contributed by atoms with Gasteiger partial charge in [-0.2, -0.15) is 10.6 Å². The van der Waals surface area contributed by atoms with Gasteiger partial charge in [0.2, 0.25) is 11.9 Å². The number of ether oxygens (including phenoxy) is 1. The van der Waals surface area contributed by atoms with Crippen molar-refractivity contribution in [2.45, 2.75) is 38.1 Å². The third kappa shape index (κ3) is 4.79. The number of anilines is 2. The average molecular weight is 560 g/mol. The quantitative estimate of drug-likeness (QED) is 0.323. The van der Waals surface area contributed by atoms with Gasteiger partial charge in [-0.15, -0.1) is 11.3 Å². The third-order valence-corrected chi connectivity index (χ3v) is 11.0. The first-order chi connectivity index (χ1) is 18.1. The summed E-state index contributed by atoms with van der Waals surface area (Å²) in [5.74, 6) is 0.827. The number of carbonyl (C=O) groups is 1. The van der Waals surface area contributed by atoms with E-state index in [1.165, 1.54) is 24.3 Å². The molecule has 9 nitrogen and oxygen atoms in total. The van der Waals surface area contributed by atoms with Crippen LogP contribution in [0.15, 0.2) is 30.5 Å². The summed E-state index contributed by atoms with van der Waals surface area (Å²) in [7, 11) is -2.45. The predicted molar refractivity (Wildman–Crippen MR) is 147 cm³/mol. The molecule has 0 spiro atoms. The highest BCUT2D eigenvalue weighted by Crippen LogP contribution is 2.62. The van der Waals surface area contributed by atoms with E-state index in [9.17, 15) is 13.9 Å². The van der Waals surface area contributed by atoms with E-state index in [4.69, 9.17) is 14.7 Å².